The third-order valence-electron chi connectivity index (χ3n) is 5.30. The minimum atomic E-state index is 0.650. The molecule has 0 saturated heterocycles. The normalized spacial score (nSPS) is 14.3. The van der Waals surface area contributed by atoms with Gasteiger partial charge in [-0.3, -0.25) is 0 Å². The van der Waals surface area contributed by atoms with Gasteiger partial charge >= 0.3 is 0 Å². The lowest BCUT2D eigenvalue weighted by molar-refractivity contribution is 0.178. The molecule has 0 aliphatic heterocycles. The van der Waals surface area contributed by atoms with Crippen LogP contribution >= 0.6 is 0 Å². The van der Waals surface area contributed by atoms with Crippen LogP contribution in [-0.4, -0.2) is 31.2 Å². The Morgan fingerprint density at radius 1 is 0.926 bits per heavy atom. The monoisotopic (exact) mass is 361 g/mol. The Kier molecular flexibility index (Phi) is 6.89. The Hall–Kier alpha value is -2.32. The average molecular weight is 362 g/mol. The smallest absolute Gasteiger partial charge is 0.0656 e. The van der Waals surface area contributed by atoms with Crippen molar-refractivity contribution in [1.29, 1.82) is 0 Å². The molecule has 0 radical (unpaired) electrons. The van der Waals surface area contributed by atoms with E-state index < -0.39 is 0 Å². The first-order chi connectivity index (χ1) is 13.3. The van der Waals surface area contributed by atoms with Gasteiger partial charge in [0.2, 0.25) is 0 Å². The first-order valence-corrected chi connectivity index (χ1v) is 10.2. The fourth-order valence-corrected chi connectivity index (χ4v) is 3.97. The Balaban J connectivity index is 2.18. The molecule has 0 spiro atoms. The molecule has 27 heavy (non-hydrogen) atoms. The zero-order valence-electron chi connectivity index (χ0n) is 16.9. The van der Waals surface area contributed by atoms with Crippen LogP contribution in [0.1, 0.15) is 43.9 Å². The number of fused-ring (bicyclic) bond motifs is 1. The van der Waals surface area contributed by atoms with Gasteiger partial charge in [-0.15, -0.1) is 0 Å². The highest BCUT2D eigenvalue weighted by Crippen LogP contribution is 2.40. The van der Waals surface area contributed by atoms with E-state index in [0.29, 0.717) is 6.61 Å². The number of allylic oxidation sites excluding steroid dienone is 2. The summed E-state index contributed by atoms with van der Waals surface area (Å²) in [5.41, 5.74) is 8.29. The van der Waals surface area contributed by atoms with E-state index in [9.17, 15) is 0 Å². The van der Waals surface area contributed by atoms with Crippen LogP contribution in [0.25, 0.3) is 11.3 Å². The van der Waals surface area contributed by atoms with Crippen LogP contribution in [0.3, 0.4) is 0 Å². The molecule has 0 saturated carbocycles. The molecule has 2 heteroatoms. The van der Waals surface area contributed by atoms with Crippen LogP contribution in [0.2, 0.25) is 0 Å². The number of aryl methyl sites for hydroxylation is 1. The Bertz CT molecular complexity index is 800. The second kappa shape index (κ2) is 9.57. The molecule has 3 rings (SSSR count). The Labute approximate surface area is 164 Å². The molecule has 0 bridgehead atoms. The van der Waals surface area contributed by atoms with E-state index in [4.69, 9.17) is 4.74 Å². The summed E-state index contributed by atoms with van der Waals surface area (Å²) in [4.78, 5) is 2.50. The molecule has 0 atom stereocenters. The van der Waals surface area contributed by atoms with E-state index in [1.54, 1.807) is 0 Å². The summed E-state index contributed by atoms with van der Waals surface area (Å²) in [6, 6.07) is 19.6. The van der Waals surface area contributed by atoms with Crippen LogP contribution in [0, 0.1) is 0 Å². The van der Waals surface area contributed by atoms with E-state index in [0.717, 1.165) is 32.5 Å². The average Bonchev–Trinajstić information content (AvgIpc) is 2.73. The largest absolute Gasteiger partial charge is 0.378 e. The van der Waals surface area contributed by atoms with E-state index in [-0.39, 0.29) is 0 Å². The summed E-state index contributed by atoms with van der Waals surface area (Å²) < 4.78 is 5.68. The zero-order chi connectivity index (χ0) is 19.1. The quantitative estimate of drug-likeness (QED) is 0.551. The van der Waals surface area contributed by atoms with Crippen molar-refractivity contribution in [2.45, 2.75) is 33.6 Å². The van der Waals surface area contributed by atoms with Crippen LogP contribution in [0.4, 0.5) is 0 Å². The van der Waals surface area contributed by atoms with E-state index in [1.165, 1.54) is 33.5 Å². The van der Waals surface area contributed by atoms with Crippen LogP contribution < -0.4 is 0 Å². The van der Waals surface area contributed by atoms with E-state index in [1.807, 2.05) is 6.92 Å². The van der Waals surface area contributed by atoms with Crippen LogP contribution in [-0.2, 0) is 11.2 Å². The fourth-order valence-electron chi connectivity index (χ4n) is 3.97. The lowest BCUT2D eigenvalue weighted by atomic mass is 9.83. The molecule has 1 aliphatic carbocycles. The van der Waals surface area contributed by atoms with Gasteiger partial charge in [-0.1, -0.05) is 60.7 Å². The van der Waals surface area contributed by atoms with Gasteiger partial charge in [0.25, 0.3) is 0 Å². The van der Waals surface area contributed by atoms with Crippen molar-refractivity contribution in [3.8, 4) is 0 Å². The first-order valence-electron chi connectivity index (χ1n) is 10.2. The zero-order valence-corrected chi connectivity index (χ0v) is 16.9. The number of hydrogen-bond acceptors (Lipinski definition) is 2. The van der Waals surface area contributed by atoms with Crippen molar-refractivity contribution in [2.75, 3.05) is 26.3 Å². The summed E-state index contributed by atoms with van der Waals surface area (Å²) in [6.45, 7) is 9.96. The number of ether oxygens (including phenoxy) is 1. The third-order valence-corrected chi connectivity index (χ3v) is 5.30. The lowest BCUT2D eigenvalue weighted by Crippen LogP contribution is -2.25. The highest BCUT2D eigenvalue weighted by Gasteiger charge is 2.24. The lowest BCUT2D eigenvalue weighted by Gasteiger charge is -2.33. The maximum atomic E-state index is 5.68. The van der Waals surface area contributed by atoms with Crippen molar-refractivity contribution < 1.29 is 4.74 Å². The summed E-state index contributed by atoms with van der Waals surface area (Å²) >= 11 is 0. The number of hydrogen-bond donors (Lipinski definition) is 0. The van der Waals surface area contributed by atoms with Gasteiger partial charge < -0.3 is 9.64 Å². The maximum absolute atomic E-state index is 5.68. The van der Waals surface area contributed by atoms with Gasteiger partial charge in [0.05, 0.1) is 6.61 Å². The predicted octanol–water partition coefficient (Wildman–Crippen LogP) is 5.81. The molecule has 1 aliphatic rings. The summed E-state index contributed by atoms with van der Waals surface area (Å²) in [5.74, 6) is 0. The fraction of sp³-hybridized carbons (Fsp3) is 0.360. The van der Waals surface area contributed by atoms with Gasteiger partial charge in [0.1, 0.15) is 0 Å². The summed E-state index contributed by atoms with van der Waals surface area (Å²) in [6.07, 6.45) is 4.43. The SMILES string of the molecule is CCOC/C=C(/C1=C(N(CC)CC)c2ccccc2CC1)c1ccccc1. The molecule has 0 aromatic heterocycles. The van der Waals surface area contributed by atoms with Gasteiger partial charge in [-0.05, 0) is 55.9 Å². The van der Waals surface area contributed by atoms with Gasteiger partial charge in [-0.2, -0.15) is 0 Å². The highest BCUT2D eigenvalue weighted by molar-refractivity contribution is 5.90. The van der Waals surface area contributed by atoms with E-state index in [2.05, 4.69) is 79.4 Å². The maximum Gasteiger partial charge on any atom is 0.0656 e. The highest BCUT2D eigenvalue weighted by atomic mass is 16.5. The molecule has 2 nitrogen and oxygen atoms in total. The molecular formula is C25H31NO. The van der Waals surface area contributed by atoms with Crippen LogP contribution in [0.15, 0.2) is 66.2 Å². The Morgan fingerprint density at radius 3 is 2.33 bits per heavy atom. The van der Waals surface area contributed by atoms with Gasteiger partial charge in [-0.25, -0.2) is 0 Å². The standard InChI is InChI=1S/C25H31NO/c1-4-26(5-2)25-23-15-11-10-14-21(23)16-17-24(25)22(18-19-27-6-3)20-12-8-7-9-13-20/h7-15,18H,4-6,16-17,19H2,1-3H3/b22-18+. The van der Waals surface area contributed by atoms with Crippen molar-refractivity contribution in [3.05, 3.63) is 82.9 Å². The molecule has 0 unspecified atom stereocenters. The Morgan fingerprint density at radius 2 is 1.63 bits per heavy atom. The molecule has 2 aromatic rings. The molecule has 142 valence electrons. The van der Waals surface area contributed by atoms with Crippen molar-refractivity contribution in [2.24, 2.45) is 0 Å². The molecule has 0 amide bonds. The molecule has 2 aromatic carbocycles. The first kappa shape index (κ1) is 19.4. The second-order valence-electron chi connectivity index (χ2n) is 6.80. The number of rotatable bonds is 8. The molecule has 0 heterocycles. The minimum Gasteiger partial charge on any atom is -0.378 e. The van der Waals surface area contributed by atoms with Crippen LogP contribution in [0.5, 0.6) is 0 Å². The molecular weight excluding hydrogens is 330 g/mol. The van der Waals surface area contributed by atoms with Crippen molar-refractivity contribution in [3.63, 3.8) is 0 Å². The van der Waals surface area contributed by atoms with E-state index >= 15 is 0 Å². The van der Waals surface area contributed by atoms with Gasteiger partial charge in [0.15, 0.2) is 0 Å². The summed E-state index contributed by atoms with van der Waals surface area (Å²) in [7, 11) is 0. The molecule has 0 N–H and O–H groups in total. The topological polar surface area (TPSA) is 12.5 Å². The third kappa shape index (κ3) is 4.33. The molecule has 0 fully saturated rings. The number of benzene rings is 2. The predicted molar refractivity (Wildman–Crippen MR) is 116 cm³/mol. The van der Waals surface area contributed by atoms with Crippen molar-refractivity contribution in [1.82, 2.24) is 4.90 Å². The minimum absolute atomic E-state index is 0.650. The summed E-state index contributed by atoms with van der Waals surface area (Å²) in [5, 5.41) is 0. The van der Waals surface area contributed by atoms with Gasteiger partial charge in [0, 0.05) is 31.0 Å². The van der Waals surface area contributed by atoms with Crippen molar-refractivity contribution >= 4 is 11.3 Å². The second-order valence-corrected chi connectivity index (χ2v) is 6.80. The number of nitrogens with zero attached hydrogens (tertiary/aromatic N) is 1.